The van der Waals surface area contributed by atoms with Crippen molar-refractivity contribution < 1.29 is 14.5 Å². The van der Waals surface area contributed by atoms with Gasteiger partial charge in [0.05, 0.1) is 12.0 Å². The van der Waals surface area contributed by atoms with Crippen LogP contribution in [-0.4, -0.2) is 23.2 Å². The zero-order valence-electron chi connectivity index (χ0n) is 9.72. The highest BCUT2D eigenvalue weighted by molar-refractivity contribution is 7.80. The molecule has 0 aromatic heterocycles. The molecule has 2 N–H and O–H groups in total. The lowest BCUT2D eigenvalue weighted by atomic mass is 10.2. The maximum Gasteiger partial charge on any atom is 0.413 e. The van der Waals surface area contributed by atoms with Gasteiger partial charge in [-0.05, 0) is 30.8 Å². The number of aryl methyl sites for hydroxylation is 1. The topological polar surface area (TPSA) is 93.5 Å². The molecule has 1 aromatic rings. The Kier molecular flexibility index (Phi) is 4.55. The number of hydrogen-bond donors (Lipinski definition) is 2. The zero-order valence-corrected chi connectivity index (χ0v) is 10.5. The number of thiocarbonyl (C=S) groups is 1. The summed E-state index contributed by atoms with van der Waals surface area (Å²) in [5.41, 5.74) is 1.20. The van der Waals surface area contributed by atoms with Crippen LogP contribution in [0.5, 0.6) is 0 Å². The predicted molar refractivity (Wildman–Crippen MR) is 69.6 cm³/mol. The van der Waals surface area contributed by atoms with E-state index in [-0.39, 0.29) is 10.8 Å². The fourth-order valence-corrected chi connectivity index (χ4v) is 1.39. The van der Waals surface area contributed by atoms with Crippen LogP contribution in [0.25, 0.3) is 0 Å². The number of hydrogen-bond acceptors (Lipinski definition) is 5. The van der Waals surface area contributed by atoms with Crippen LogP contribution < -0.4 is 10.6 Å². The van der Waals surface area contributed by atoms with Crippen molar-refractivity contribution in [3.05, 3.63) is 33.9 Å². The van der Waals surface area contributed by atoms with Crippen molar-refractivity contribution in [3.8, 4) is 0 Å². The largest absolute Gasteiger partial charge is 0.453 e. The van der Waals surface area contributed by atoms with E-state index in [9.17, 15) is 14.9 Å². The van der Waals surface area contributed by atoms with E-state index in [2.05, 4.69) is 15.4 Å². The zero-order chi connectivity index (χ0) is 13.7. The van der Waals surface area contributed by atoms with Gasteiger partial charge in [0.2, 0.25) is 0 Å². The Morgan fingerprint density at radius 2 is 2.17 bits per heavy atom. The first-order valence-electron chi connectivity index (χ1n) is 4.85. The smallest absolute Gasteiger partial charge is 0.413 e. The second-order valence-electron chi connectivity index (χ2n) is 3.33. The van der Waals surface area contributed by atoms with Crippen LogP contribution >= 0.6 is 12.2 Å². The molecule has 0 saturated heterocycles. The molecule has 1 amide bonds. The number of rotatable bonds is 2. The molecule has 8 heteroatoms. The molecular formula is C10H11N3O4S. The lowest BCUT2D eigenvalue weighted by molar-refractivity contribution is -0.384. The summed E-state index contributed by atoms with van der Waals surface area (Å²) in [6, 6.07) is 4.26. The maximum absolute atomic E-state index is 10.9. The highest BCUT2D eigenvalue weighted by Crippen LogP contribution is 2.20. The van der Waals surface area contributed by atoms with Gasteiger partial charge in [-0.2, -0.15) is 0 Å². The van der Waals surface area contributed by atoms with Crippen LogP contribution in [0.4, 0.5) is 16.2 Å². The molecular weight excluding hydrogens is 258 g/mol. The standard InChI is InChI=1S/C10H11N3O4S/c1-6-5-7(13(15)16)3-4-8(6)11-9(18)12-10(14)17-2/h3-5H,1-2H3,(H2,11,12,14,18). The van der Waals surface area contributed by atoms with E-state index in [0.29, 0.717) is 11.3 Å². The first kappa shape index (κ1) is 13.8. The number of amides is 1. The number of nitro benzene ring substituents is 1. The average Bonchev–Trinajstić information content (AvgIpc) is 2.31. The van der Waals surface area contributed by atoms with E-state index < -0.39 is 11.0 Å². The summed E-state index contributed by atoms with van der Waals surface area (Å²) in [5.74, 6) is 0. The lowest BCUT2D eigenvalue weighted by Gasteiger charge is -2.10. The van der Waals surface area contributed by atoms with Crippen LogP contribution in [0.2, 0.25) is 0 Å². The fourth-order valence-electron chi connectivity index (χ4n) is 1.20. The number of anilines is 1. The van der Waals surface area contributed by atoms with E-state index in [4.69, 9.17) is 12.2 Å². The van der Waals surface area contributed by atoms with Crippen molar-refractivity contribution in [1.82, 2.24) is 5.32 Å². The maximum atomic E-state index is 10.9. The summed E-state index contributed by atoms with van der Waals surface area (Å²) >= 11 is 4.87. The number of carbonyl (C=O) groups is 1. The Morgan fingerprint density at radius 1 is 1.50 bits per heavy atom. The normalized spacial score (nSPS) is 9.44. The van der Waals surface area contributed by atoms with E-state index in [1.807, 2.05) is 0 Å². The SMILES string of the molecule is COC(=O)NC(=S)Nc1ccc([N+](=O)[O-])cc1C. The molecule has 0 aliphatic rings. The highest BCUT2D eigenvalue weighted by Gasteiger charge is 2.10. The van der Waals surface area contributed by atoms with Gasteiger partial charge in [-0.1, -0.05) is 0 Å². The van der Waals surface area contributed by atoms with Crippen molar-refractivity contribution in [2.75, 3.05) is 12.4 Å². The van der Waals surface area contributed by atoms with E-state index in [0.717, 1.165) is 0 Å². The molecule has 0 bridgehead atoms. The van der Waals surface area contributed by atoms with Gasteiger partial charge in [0.1, 0.15) is 0 Å². The fraction of sp³-hybridized carbons (Fsp3) is 0.200. The van der Waals surface area contributed by atoms with Gasteiger partial charge in [-0.3, -0.25) is 15.4 Å². The minimum absolute atomic E-state index is 0.00936. The van der Waals surface area contributed by atoms with Crippen molar-refractivity contribution >= 4 is 34.8 Å². The van der Waals surface area contributed by atoms with Crippen LogP contribution in [0.1, 0.15) is 5.56 Å². The third kappa shape index (κ3) is 3.67. The van der Waals surface area contributed by atoms with Crippen LogP contribution in [0.15, 0.2) is 18.2 Å². The minimum Gasteiger partial charge on any atom is -0.453 e. The molecule has 18 heavy (non-hydrogen) atoms. The number of carbonyl (C=O) groups excluding carboxylic acids is 1. The number of nitrogens with zero attached hydrogens (tertiary/aromatic N) is 1. The number of nitrogens with one attached hydrogen (secondary N) is 2. The molecule has 0 heterocycles. The Balaban J connectivity index is 2.77. The van der Waals surface area contributed by atoms with E-state index in [1.165, 1.54) is 25.3 Å². The molecule has 0 fully saturated rings. The van der Waals surface area contributed by atoms with Crippen molar-refractivity contribution in [2.24, 2.45) is 0 Å². The van der Waals surface area contributed by atoms with Crippen molar-refractivity contribution in [3.63, 3.8) is 0 Å². The van der Waals surface area contributed by atoms with Gasteiger partial charge in [-0.15, -0.1) is 0 Å². The number of benzene rings is 1. The molecule has 0 radical (unpaired) electrons. The van der Waals surface area contributed by atoms with Gasteiger partial charge in [-0.25, -0.2) is 4.79 Å². The first-order valence-corrected chi connectivity index (χ1v) is 5.26. The Bertz CT molecular complexity index is 504. The summed E-state index contributed by atoms with van der Waals surface area (Å²) in [4.78, 5) is 21.0. The van der Waals surface area contributed by atoms with Gasteiger partial charge >= 0.3 is 6.09 Å². The Labute approximate surface area is 108 Å². The van der Waals surface area contributed by atoms with Crippen LogP contribution in [0, 0.1) is 17.0 Å². The van der Waals surface area contributed by atoms with Crippen LogP contribution in [-0.2, 0) is 4.74 Å². The quantitative estimate of drug-likeness (QED) is 0.484. The molecule has 0 aliphatic carbocycles. The molecule has 0 unspecified atom stereocenters. The van der Waals surface area contributed by atoms with Gasteiger partial charge in [0.15, 0.2) is 5.11 Å². The second-order valence-corrected chi connectivity index (χ2v) is 3.74. The summed E-state index contributed by atoms with van der Waals surface area (Å²) in [7, 11) is 1.22. The first-order chi connectivity index (χ1) is 8.43. The minimum atomic E-state index is -0.688. The third-order valence-electron chi connectivity index (χ3n) is 2.07. The number of nitro groups is 1. The van der Waals surface area contributed by atoms with Crippen molar-refractivity contribution in [2.45, 2.75) is 6.92 Å². The Hall–Kier alpha value is -2.22. The predicted octanol–water partition coefficient (Wildman–Crippen LogP) is 1.96. The van der Waals surface area contributed by atoms with Crippen molar-refractivity contribution in [1.29, 1.82) is 0 Å². The average molecular weight is 269 g/mol. The van der Waals surface area contributed by atoms with Gasteiger partial charge in [0, 0.05) is 17.8 Å². The number of ether oxygens (including phenoxy) is 1. The molecule has 0 aliphatic heterocycles. The van der Waals surface area contributed by atoms with E-state index in [1.54, 1.807) is 6.92 Å². The van der Waals surface area contributed by atoms with Gasteiger partial charge < -0.3 is 10.1 Å². The number of non-ortho nitro benzene ring substituents is 1. The molecule has 1 aromatic carbocycles. The monoisotopic (exact) mass is 269 g/mol. The van der Waals surface area contributed by atoms with E-state index >= 15 is 0 Å². The summed E-state index contributed by atoms with van der Waals surface area (Å²) in [5, 5.41) is 15.6. The number of alkyl carbamates (subject to hydrolysis) is 1. The summed E-state index contributed by atoms with van der Waals surface area (Å²) < 4.78 is 4.37. The Morgan fingerprint density at radius 3 is 2.67 bits per heavy atom. The molecule has 96 valence electrons. The van der Waals surface area contributed by atoms with Gasteiger partial charge in [0.25, 0.3) is 5.69 Å². The molecule has 1 rings (SSSR count). The summed E-state index contributed by atoms with van der Waals surface area (Å²) in [6.07, 6.45) is -0.688. The lowest BCUT2D eigenvalue weighted by Crippen LogP contribution is -2.34. The molecule has 0 spiro atoms. The molecule has 0 saturated carbocycles. The highest BCUT2D eigenvalue weighted by atomic mass is 32.1. The number of methoxy groups -OCH3 is 1. The molecule has 0 atom stereocenters. The summed E-state index contributed by atoms with van der Waals surface area (Å²) in [6.45, 7) is 1.69. The second kappa shape index (κ2) is 5.92. The third-order valence-corrected chi connectivity index (χ3v) is 2.27. The molecule has 7 nitrogen and oxygen atoms in total. The van der Waals surface area contributed by atoms with Crippen LogP contribution in [0.3, 0.4) is 0 Å².